The quantitative estimate of drug-likeness (QED) is 0.249. The van der Waals surface area contributed by atoms with Gasteiger partial charge in [0.05, 0.1) is 23.2 Å². The number of thiazole rings is 1. The molecule has 1 saturated heterocycles. The first-order valence-electron chi connectivity index (χ1n) is 11.4. The van der Waals surface area contributed by atoms with E-state index >= 15 is 0 Å². The Hall–Kier alpha value is -2.55. The van der Waals surface area contributed by atoms with Crippen molar-refractivity contribution in [2.24, 2.45) is 5.92 Å². The van der Waals surface area contributed by atoms with E-state index in [0.29, 0.717) is 32.3 Å². The molecule has 0 saturated carbocycles. The van der Waals surface area contributed by atoms with Gasteiger partial charge in [-0.25, -0.2) is 4.90 Å². The molecule has 4 aromatic rings. The Balaban J connectivity index is 1.48. The van der Waals surface area contributed by atoms with Gasteiger partial charge in [-0.2, -0.15) is 0 Å². The number of thioether (sulfide) groups is 1. The lowest BCUT2D eigenvalue weighted by atomic mass is 9.83. The van der Waals surface area contributed by atoms with E-state index in [0.717, 1.165) is 27.3 Å². The molecule has 2 aliphatic rings. The van der Waals surface area contributed by atoms with E-state index < -0.39 is 17.1 Å². The molecule has 0 aliphatic carbocycles. The maximum absolute atomic E-state index is 13.9. The standard InChI is InChI=1S/C27H17Cl3N2O3S2/c28-16-5-1-14(2-6-16)13-31-26-23(37-27(31)35)20(15-3-7-17(29)8-4-15)21-22(36-26)25(34)32(24(21)33)19-11-9-18(30)10-12-19/h1-12,20-22H,13H2/t20-,21+,22+/m0/s1. The molecule has 10 heteroatoms. The molecule has 2 amide bonds. The Morgan fingerprint density at radius 3 is 1.92 bits per heavy atom. The number of carbonyl (C=O) groups excluding carboxylic acids is 2. The summed E-state index contributed by atoms with van der Waals surface area (Å²) in [5.74, 6) is -1.72. The molecule has 2 aliphatic heterocycles. The average molecular weight is 588 g/mol. The van der Waals surface area contributed by atoms with Gasteiger partial charge in [-0.05, 0) is 59.7 Å². The molecule has 3 aromatic carbocycles. The number of benzene rings is 3. The molecule has 37 heavy (non-hydrogen) atoms. The molecular weight excluding hydrogens is 571 g/mol. The third-order valence-corrected chi connectivity index (χ3v) is 9.98. The summed E-state index contributed by atoms with van der Waals surface area (Å²) in [6, 6.07) is 21.2. The fourth-order valence-corrected chi connectivity index (χ4v) is 8.05. The van der Waals surface area contributed by atoms with Gasteiger partial charge >= 0.3 is 4.87 Å². The van der Waals surface area contributed by atoms with Crippen molar-refractivity contribution < 1.29 is 9.59 Å². The van der Waals surface area contributed by atoms with Gasteiger partial charge in [-0.15, -0.1) is 0 Å². The van der Waals surface area contributed by atoms with Crippen molar-refractivity contribution >= 4 is 75.4 Å². The third kappa shape index (κ3) is 4.33. The van der Waals surface area contributed by atoms with Crippen molar-refractivity contribution in [1.29, 1.82) is 0 Å². The number of halogens is 3. The number of hydrogen-bond donors (Lipinski definition) is 0. The van der Waals surface area contributed by atoms with E-state index in [1.807, 2.05) is 24.3 Å². The minimum absolute atomic E-state index is 0.138. The lowest BCUT2D eigenvalue weighted by Crippen LogP contribution is -2.32. The SMILES string of the molecule is O=C1[C@@H]2[C@H](c3ccc(Cl)cc3)c3sc(=O)n(Cc4ccc(Cl)cc4)c3S[C@H]2C(=O)N1c1ccc(Cl)cc1. The highest BCUT2D eigenvalue weighted by atomic mass is 35.5. The Morgan fingerprint density at radius 2 is 1.30 bits per heavy atom. The summed E-state index contributed by atoms with van der Waals surface area (Å²) in [5.41, 5.74) is 2.22. The second-order valence-electron chi connectivity index (χ2n) is 8.83. The number of aromatic nitrogens is 1. The topological polar surface area (TPSA) is 59.4 Å². The molecule has 1 aromatic heterocycles. The van der Waals surface area contributed by atoms with Crippen LogP contribution in [0.25, 0.3) is 0 Å². The Bertz CT molecular complexity index is 1580. The van der Waals surface area contributed by atoms with Crippen LogP contribution in [0.15, 0.2) is 82.6 Å². The second-order valence-corrected chi connectivity index (χ2v) is 12.3. The van der Waals surface area contributed by atoms with Crippen molar-refractivity contribution in [2.45, 2.75) is 22.7 Å². The first-order valence-corrected chi connectivity index (χ1v) is 14.2. The minimum atomic E-state index is -0.679. The molecule has 0 radical (unpaired) electrons. The van der Waals surface area contributed by atoms with Gasteiger partial charge in [-0.3, -0.25) is 19.0 Å². The predicted molar refractivity (Wildman–Crippen MR) is 150 cm³/mol. The molecule has 0 unspecified atom stereocenters. The molecular formula is C27H17Cl3N2O3S2. The van der Waals surface area contributed by atoms with Crippen LogP contribution in [0.2, 0.25) is 15.1 Å². The van der Waals surface area contributed by atoms with Gasteiger partial charge in [0, 0.05) is 25.9 Å². The van der Waals surface area contributed by atoms with Crippen LogP contribution in [0.3, 0.4) is 0 Å². The molecule has 3 heterocycles. The summed E-state index contributed by atoms with van der Waals surface area (Å²) >= 11 is 20.7. The molecule has 0 bridgehead atoms. The zero-order valence-corrected chi connectivity index (χ0v) is 22.8. The van der Waals surface area contributed by atoms with Crippen LogP contribution in [0.1, 0.15) is 21.9 Å². The van der Waals surface area contributed by atoms with Crippen molar-refractivity contribution in [1.82, 2.24) is 4.57 Å². The highest BCUT2D eigenvalue weighted by molar-refractivity contribution is 8.00. The monoisotopic (exact) mass is 586 g/mol. The smallest absolute Gasteiger partial charge is 0.289 e. The Morgan fingerprint density at radius 1 is 0.730 bits per heavy atom. The summed E-state index contributed by atoms with van der Waals surface area (Å²) in [4.78, 5) is 42.7. The van der Waals surface area contributed by atoms with Gasteiger partial charge in [0.15, 0.2) is 0 Å². The van der Waals surface area contributed by atoms with Crippen LogP contribution in [-0.2, 0) is 16.1 Å². The van der Waals surface area contributed by atoms with E-state index in [2.05, 4.69) is 0 Å². The summed E-state index contributed by atoms with van der Waals surface area (Å²) < 4.78 is 1.69. The predicted octanol–water partition coefficient (Wildman–Crippen LogP) is 6.71. The van der Waals surface area contributed by atoms with Crippen LogP contribution >= 0.6 is 57.9 Å². The van der Waals surface area contributed by atoms with Crippen molar-refractivity contribution in [2.75, 3.05) is 4.90 Å². The normalized spacial score (nSPS) is 20.7. The fourth-order valence-electron chi connectivity index (χ4n) is 4.90. The highest BCUT2D eigenvalue weighted by Crippen LogP contribution is 2.54. The van der Waals surface area contributed by atoms with Crippen LogP contribution in [0, 0.1) is 5.92 Å². The molecule has 0 spiro atoms. The highest BCUT2D eigenvalue weighted by Gasteiger charge is 2.56. The van der Waals surface area contributed by atoms with Crippen molar-refractivity contribution in [3.63, 3.8) is 0 Å². The second kappa shape index (κ2) is 9.64. The van der Waals surface area contributed by atoms with Gasteiger partial charge in [0.25, 0.3) is 0 Å². The zero-order valence-electron chi connectivity index (χ0n) is 18.9. The van der Waals surface area contributed by atoms with E-state index in [4.69, 9.17) is 34.8 Å². The third-order valence-electron chi connectivity index (χ3n) is 6.62. The number of fused-ring (bicyclic) bond motifs is 2. The van der Waals surface area contributed by atoms with E-state index in [-0.39, 0.29) is 16.7 Å². The van der Waals surface area contributed by atoms with Crippen molar-refractivity contribution in [3.05, 3.63) is 114 Å². The lowest BCUT2D eigenvalue weighted by molar-refractivity contribution is -0.122. The lowest BCUT2D eigenvalue weighted by Gasteiger charge is -2.30. The number of nitrogens with zero attached hydrogens (tertiary/aromatic N) is 2. The van der Waals surface area contributed by atoms with Crippen LogP contribution in [-0.4, -0.2) is 21.6 Å². The number of hydrogen-bond acceptors (Lipinski definition) is 5. The van der Waals surface area contributed by atoms with Gasteiger partial charge in [-0.1, -0.05) is 82.2 Å². The van der Waals surface area contributed by atoms with Crippen LogP contribution < -0.4 is 9.77 Å². The van der Waals surface area contributed by atoms with Gasteiger partial charge in [0.1, 0.15) is 5.25 Å². The Kier molecular flexibility index (Phi) is 6.45. The van der Waals surface area contributed by atoms with Gasteiger partial charge in [0.2, 0.25) is 11.8 Å². The molecule has 0 N–H and O–H groups in total. The molecule has 6 rings (SSSR count). The number of anilines is 1. The first-order chi connectivity index (χ1) is 17.8. The van der Waals surface area contributed by atoms with Crippen molar-refractivity contribution in [3.8, 4) is 0 Å². The van der Waals surface area contributed by atoms with Crippen LogP contribution in [0.5, 0.6) is 0 Å². The van der Waals surface area contributed by atoms with E-state index in [1.165, 1.54) is 16.7 Å². The fraction of sp³-hybridized carbons (Fsp3) is 0.148. The molecule has 186 valence electrons. The number of rotatable bonds is 4. The van der Waals surface area contributed by atoms with Gasteiger partial charge < -0.3 is 0 Å². The summed E-state index contributed by atoms with van der Waals surface area (Å²) in [6.45, 7) is 0.336. The number of carbonyl (C=O) groups is 2. The zero-order chi connectivity index (χ0) is 25.8. The summed E-state index contributed by atoms with van der Waals surface area (Å²) in [6.07, 6.45) is 0. The van der Waals surface area contributed by atoms with E-state index in [1.54, 1.807) is 53.1 Å². The molecule has 5 nitrogen and oxygen atoms in total. The maximum atomic E-state index is 13.9. The molecule has 1 fully saturated rings. The first kappa shape index (κ1) is 24.8. The Labute approximate surface area is 235 Å². The number of amides is 2. The molecule has 3 atom stereocenters. The summed E-state index contributed by atoms with van der Waals surface area (Å²) in [7, 11) is 0. The summed E-state index contributed by atoms with van der Waals surface area (Å²) in [5, 5.41) is 1.73. The minimum Gasteiger partial charge on any atom is -0.289 e. The maximum Gasteiger partial charge on any atom is 0.308 e. The van der Waals surface area contributed by atoms with E-state index in [9.17, 15) is 14.4 Å². The average Bonchev–Trinajstić information content (AvgIpc) is 3.33. The number of imide groups is 1. The van der Waals surface area contributed by atoms with Crippen LogP contribution in [0.4, 0.5) is 5.69 Å². The largest absolute Gasteiger partial charge is 0.308 e.